The molecule has 0 aliphatic carbocycles. The van der Waals surface area contributed by atoms with Gasteiger partial charge in [0, 0.05) is 11.6 Å². The lowest BCUT2D eigenvalue weighted by Gasteiger charge is -2.11. The second kappa shape index (κ2) is 3.41. The van der Waals surface area contributed by atoms with E-state index < -0.39 is 0 Å². The van der Waals surface area contributed by atoms with Crippen molar-refractivity contribution in [1.82, 2.24) is 4.98 Å². The zero-order valence-corrected chi connectivity index (χ0v) is 8.91. The molecule has 72 valence electrons. The van der Waals surface area contributed by atoms with Crippen LogP contribution < -0.4 is 0 Å². The van der Waals surface area contributed by atoms with Crippen LogP contribution in [0.15, 0.2) is 30.5 Å². The van der Waals surface area contributed by atoms with Crippen LogP contribution in [0.2, 0.25) is 0 Å². The Labute approximate surface area is 84.8 Å². The molecule has 0 unspecified atom stereocenters. The van der Waals surface area contributed by atoms with Crippen molar-refractivity contribution >= 4 is 10.9 Å². The van der Waals surface area contributed by atoms with Crippen LogP contribution in [-0.4, -0.2) is 4.98 Å². The first-order chi connectivity index (χ1) is 6.70. The zero-order chi connectivity index (χ0) is 10.1. The van der Waals surface area contributed by atoms with Crippen molar-refractivity contribution in [1.29, 1.82) is 0 Å². The first kappa shape index (κ1) is 9.20. The first-order valence-corrected chi connectivity index (χ1v) is 5.04. The highest BCUT2D eigenvalue weighted by atomic mass is 14.6. The summed E-state index contributed by atoms with van der Waals surface area (Å²) in [4.78, 5) is 4.34. The highest BCUT2D eigenvalue weighted by molar-refractivity contribution is 5.83. The fourth-order valence-electron chi connectivity index (χ4n) is 1.94. The first-order valence-electron chi connectivity index (χ1n) is 5.04. The van der Waals surface area contributed by atoms with Gasteiger partial charge in [-0.25, -0.2) is 0 Å². The van der Waals surface area contributed by atoms with Crippen LogP contribution in [-0.2, 0) is 0 Å². The molecule has 1 aromatic heterocycles. The Balaban J connectivity index is 2.75. The van der Waals surface area contributed by atoms with Crippen LogP contribution in [0.5, 0.6) is 0 Å². The molecule has 0 radical (unpaired) electrons. The van der Waals surface area contributed by atoms with E-state index in [4.69, 9.17) is 0 Å². The summed E-state index contributed by atoms with van der Waals surface area (Å²) in [6.07, 6.45) is 1.84. The zero-order valence-electron chi connectivity index (χ0n) is 8.91. The Morgan fingerprint density at radius 2 is 1.93 bits per heavy atom. The minimum Gasteiger partial charge on any atom is -0.256 e. The highest BCUT2D eigenvalue weighted by Gasteiger charge is 2.06. The quantitative estimate of drug-likeness (QED) is 0.660. The lowest BCUT2D eigenvalue weighted by atomic mass is 9.95. The van der Waals surface area contributed by atoms with E-state index in [1.807, 2.05) is 12.3 Å². The average molecular weight is 185 g/mol. The molecule has 0 fully saturated rings. The Morgan fingerprint density at radius 1 is 1.14 bits per heavy atom. The van der Waals surface area contributed by atoms with Gasteiger partial charge in [0.05, 0.1) is 5.52 Å². The molecule has 0 spiro atoms. The van der Waals surface area contributed by atoms with Crippen molar-refractivity contribution < 1.29 is 0 Å². The molecule has 0 amide bonds. The molecule has 1 heteroatoms. The van der Waals surface area contributed by atoms with Crippen molar-refractivity contribution in [2.24, 2.45) is 0 Å². The molecule has 1 aromatic carbocycles. The summed E-state index contributed by atoms with van der Waals surface area (Å²) in [5.74, 6) is 0.583. The van der Waals surface area contributed by atoms with Crippen LogP contribution >= 0.6 is 0 Å². The number of aromatic nitrogens is 1. The maximum absolute atomic E-state index is 4.34. The molecule has 0 saturated carbocycles. The number of aryl methyl sites for hydroxylation is 1. The van der Waals surface area contributed by atoms with Gasteiger partial charge in [-0.1, -0.05) is 26.0 Å². The number of benzene rings is 1. The summed E-state index contributed by atoms with van der Waals surface area (Å²) in [7, 11) is 0. The third-order valence-electron chi connectivity index (χ3n) is 2.72. The molecule has 1 heterocycles. The molecular weight excluding hydrogens is 170 g/mol. The standard InChI is InChI=1S/C13H15N/c1-9(2)11-6-7-13-12(10(11)3)5-4-8-14-13/h4-9H,1-3H3. The predicted molar refractivity (Wildman–Crippen MR) is 60.6 cm³/mol. The third-order valence-corrected chi connectivity index (χ3v) is 2.72. The van der Waals surface area contributed by atoms with Gasteiger partial charge in [0.15, 0.2) is 0 Å². The summed E-state index contributed by atoms with van der Waals surface area (Å²) in [5.41, 5.74) is 3.88. The highest BCUT2D eigenvalue weighted by Crippen LogP contribution is 2.25. The van der Waals surface area contributed by atoms with Crippen LogP contribution in [0.1, 0.15) is 30.9 Å². The maximum atomic E-state index is 4.34. The summed E-state index contributed by atoms with van der Waals surface area (Å²) in [5, 5.41) is 1.28. The molecule has 2 rings (SSSR count). The lowest BCUT2D eigenvalue weighted by Crippen LogP contribution is -1.93. The fraction of sp³-hybridized carbons (Fsp3) is 0.308. The Bertz CT molecular complexity index is 458. The van der Waals surface area contributed by atoms with Gasteiger partial charge in [-0.05, 0) is 36.1 Å². The van der Waals surface area contributed by atoms with Crippen molar-refractivity contribution in [2.45, 2.75) is 26.7 Å². The van der Waals surface area contributed by atoms with Gasteiger partial charge in [-0.3, -0.25) is 4.98 Å². The SMILES string of the molecule is Cc1c(C(C)C)ccc2ncccc12. The van der Waals surface area contributed by atoms with Crippen molar-refractivity contribution in [3.63, 3.8) is 0 Å². The van der Waals surface area contributed by atoms with E-state index in [-0.39, 0.29) is 0 Å². The Kier molecular flexibility index (Phi) is 2.24. The molecule has 0 aliphatic rings. The molecule has 0 bridgehead atoms. The smallest absolute Gasteiger partial charge is 0.0704 e. The molecule has 1 nitrogen and oxygen atoms in total. The molecule has 0 aliphatic heterocycles. The van der Waals surface area contributed by atoms with Gasteiger partial charge >= 0.3 is 0 Å². The summed E-state index contributed by atoms with van der Waals surface area (Å²) in [6, 6.07) is 8.44. The summed E-state index contributed by atoms with van der Waals surface area (Å²) < 4.78 is 0. The monoisotopic (exact) mass is 185 g/mol. The van der Waals surface area contributed by atoms with Gasteiger partial charge in [-0.15, -0.1) is 0 Å². The largest absolute Gasteiger partial charge is 0.256 e. The Morgan fingerprint density at radius 3 is 2.64 bits per heavy atom. The van der Waals surface area contributed by atoms with Crippen LogP contribution in [0.4, 0.5) is 0 Å². The summed E-state index contributed by atoms with van der Waals surface area (Å²) in [6.45, 7) is 6.63. The minimum atomic E-state index is 0.583. The van der Waals surface area contributed by atoms with E-state index in [0.29, 0.717) is 5.92 Å². The second-order valence-electron chi connectivity index (χ2n) is 4.00. The lowest BCUT2D eigenvalue weighted by molar-refractivity contribution is 0.859. The molecule has 0 N–H and O–H groups in total. The predicted octanol–water partition coefficient (Wildman–Crippen LogP) is 3.67. The van der Waals surface area contributed by atoms with Crippen molar-refractivity contribution in [3.05, 3.63) is 41.6 Å². The van der Waals surface area contributed by atoms with Crippen LogP contribution in [0, 0.1) is 6.92 Å². The Hall–Kier alpha value is -1.37. The van der Waals surface area contributed by atoms with E-state index in [1.165, 1.54) is 16.5 Å². The summed E-state index contributed by atoms with van der Waals surface area (Å²) >= 11 is 0. The van der Waals surface area contributed by atoms with E-state index in [9.17, 15) is 0 Å². The average Bonchev–Trinajstić information content (AvgIpc) is 2.18. The number of rotatable bonds is 1. The van der Waals surface area contributed by atoms with Crippen LogP contribution in [0.3, 0.4) is 0 Å². The number of nitrogens with zero attached hydrogens (tertiary/aromatic N) is 1. The third kappa shape index (κ3) is 1.39. The number of hydrogen-bond donors (Lipinski definition) is 0. The van der Waals surface area contributed by atoms with E-state index in [1.54, 1.807) is 0 Å². The minimum absolute atomic E-state index is 0.583. The second-order valence-corrected chi connectivity index (χ2v) is 4.00. The van der Waals surface area contributed by atoms with Crippen molar-refractivity contribution in [3.8, 4) is 0 Å². The maximum Gasteiger partial charge on any atom is 0.0704 e. The normalized spacial score (nSPS) is 11.1. The fourth-order valence-corrected chi connectivity index (χ4v) is 1.94. The van der Waals surface area contributed by atoms with Gasteiger partial charge in [-0.2, -0.15) is 0 Å². The topological polar surface area (TPSA) is 12.9 Å². The van der Waals surface area contributed by atoms with Gasteiger partial charge in [0.25, 0.3) is 0 Å². The van der Waals surface area contributed by atoms with Crippen molar-refractivity contribution in [2.75, 3.05) is 0 Å². The number of fused-ring (bicyclic) bond motifs is 1. The van der Waals surface area contributed by atoms with E-state index in [2.05, 4.69) is 44.0 Å². The molecule has 14 heavy (non-hydrogen) atoms. The van der Waals surface area contributed by atoms with E-state index in [0.717, 1.165) is 5.52 Å². The van der Waals surface area contributed by atoms with Gasteiger partial charge < -0.3 is 0 Å². The van der Waals surface area contributed by atoms with Gasteiger partial charge in [0.1, 0.15) is 0 Å². The molecule has 0 saturated heterocycles. The number of pyridine rings is 1. The molecule has 2 aromatic rings. The van der Waals surface area contributed by atoms with Crippen LogP contribution in [0.25, 0.3) is 10.9 Å². The number of hydrogen-bond acceptors (Lipinski definition) is 1. The van der Waals surface area contributed by atoms with E-state index >= 15 is 0 Å². The van der Waals surface area contributed by atoms with Gasteiger partial charge in [0.2, 0.25) is 0 Å². The molecular formula is C13H15N. The molecule has 0 atom stereocenters.